The van der Waals surface area contributed by atoms with E-state index < -0.39 is 0 Å². The molecule has 0 spiro atoms. The third kappa shape index (κ3) is 4.59. The number of ether oxygens (including phenoxy) is 1. The van der Waals surface area contributed by atoms with Crippen LogP contribution in [0.1, 0.15) is 51.7 Å². The van der Waals surface area contributed by atoms with Gasteiger partial charge in [-0.2, -0.15) is 0 Å². The highest BCUT2D eigenvalue weighted by Crippen LogP contribution is 2.32. The van der Waals surface area contributed by atoms with Crippen LogP contribution in [0.5, 0.6) is 5.75 Å². The van der Waals surface area contributed by atoms with E-state index in [0.717, 1.165) is 24.2 Å². The number of ketones is 1. The van der Waals surface area contributed by atoms with Crippen LogP contribution in [0.3, 0.4) is 0 Å². The molecular weight excluding hydrogens is 302 g/mol. The number of amides is 1. The molecule has 1 aromatic carbocycles. The summed E-state index contributed by atoms with van der Waals surface area (Å²) in [5.41, 5.74) is 2.26. The van der Waals surface area contributed by atoms with Crippen molar-refractivity contribution in [1.82, 2.24) is 4.90 Å². The van der Waals surface area contributed by atoms with Crippen molar-refractivity contribution in [3.8, 4) is 5.75 Å². The number of aryl methyl sites for hydroxylation is 1. The largest absolute Gasteiger partial charge is 0.483 e. The van der Waals surface area contributed by atoms with Gasteiger partial charge in [0.05, 0.1) is 0 Å². The zero-order valence-corrected chi connectivity index (χ0v) is 15.5. The van der Waals surface area contributed by atoms with Crippen molar-refractivity contribution in [3.05, 3.63) is 29.3 Å². The molecule has 2 rings (SSSR count). The number of benzene rings is 1. The maximum absolute atomic E-state index is 12.4. The Morgan fingerprint density at radius 1 is 1.21 bits per heavy atom. The van der Waals surface area contributed by atoms with Crippen molar-refractivity contribution in [3.63, 3.8) is 0 Å². The van der Waals surface area contributed by atoms with Crippen LogP contribution in [0.2, 0.25) is 0 Å². The van der Waals surface area contributed by atoms with Crippen LogP contribution in [0.15, 0.2) is 18.2 Å². The molecule has 0 aromatic heterocycles. The lowest BCUT2D eigenvalue weighted by atomic mass is 9.85. The van der Waals surface area contributed by atoms with Gasteiger partial charge in [0, 0.05) is 19.0 Å². The monoisotopic (exact) mass is 331 g/mol. The van der Waals surface area contributed by atoms with E-state index in [4.69, 9.17) is 4.74 Å². The van der Waals surface area contributed by atoms with E-state index in [9.17, 15) is 9.59 Å². The summed E-state index contributed by atoms with van der Waals surface area (Å²) in [4.78, 5) is 25.6. The molecule has 0 bridgehead atoms. The molecule has 0 unspecified atom stereocenters. The normalized spacial score (nSPS) is 16.1. The molecule has 24 heavy (non-hydrogen) atoms. The fourth-order valence-electron chi connectivity index (χ4n) is 3.12. The van der Waals surface area contributed by atoms with Crippen molar-refractivity contribution in [2.24, 2.45) is 5.92 Å². The number of hydrogen-bond acceptors (Lipinski definition) is 3. The molecule has 1 amide bonds. The molecule has 1 aliphatic rings. The molecule has 1 fully saturated rings. The first-order chi connectivity index (χ1) is 11.2. The second-order valence-corrected chi connectivity index (χ2v) is 7.80. The minimum absolute atomic E-state index is 0.00237. The van der Waals surface area contributed by atoms with Crippen LogP contribution < -0.4 is 4.74 Å². The molecular formula is C20H29NO3. The summed E-state index contributed by atoms with van der Waals surface area (Å²) >= 11 is 0. The Balaban J connectivity index is 1.97. The molecule has 1 heterocycles. The number of Topliss-reactive ketones (excluding diaryl/α,β-unsaturated/α-hetero) is 1. The number of carbonyl (C=O) groups excluding carboxylic acids is 2. The highest BCUT2D eigenvalue weighted by atomic mass is 16.5. The second-order valence-electron chi connectivity index (χ2n) is 7.80. The van der Waals surface area contributed by atoms with Crippen LogP contribution in [-0.4, -0.2) is 36.3 Å². The van der Waals surface area contributed by atoms with Gasteiger partial charge in [-0.05, 0) is 43.7 Å². The Morgan fingerprint density at radius 3 is 2.38 bits per heavy atom. The van der Waals surface area contributed by atoms with Crippen molar-refractivity contribution in [2.45, 2.75) is 52.9 Å². The highest BCUT2D eigenvalue weighted by Gasteiger charge is 2.26. The third-order valence-corrected chi connectivity index (χ3v) is 4.72. The summed E-state index contributed by atoms with van der Waals surface area (Å²) in [7, 11) is 0. The van der Waals surface area contributed by atoms with Crippen molar-refractivity contribution < 1.29 is 14.3 Å². The van der Waals surface area contributed by atoms with Gasteiger partial charge in [-0.3, -0.25) is 9.59 Å². The van der Waals surface area contributed by atoms with Crippen LogP contribution in [-0.2, 0) is 15.0 Å². The first-order valence-electron chi connectivity index (χ1n) is 8.70. The molecule has 4 heteroatoms. The fourth-order valence-corrected chi connectivity index (χ4v) is 3.12. The van der Waals surface area contributed by atoms with E-state index in [-0.39, 0.29) is 29.6 Å². The minimum atomic E-state index is -0.0375. The Bertz CT molecular complexity index is 608. The predicted molar refractivity (Wildman–Crippen MR) is 95.4 cm³/mol. The van der Waals surface area contributed by atoms with Gasteiger partial charge < -0.3 is 9.64 Å². The van der Waals surface area contributed by atoms with Gasteiger partial charge in [0.15, 0.2) is 6.61 Å². The smallest absolute Gasteiger partial charge is 0.260 e. The second kappa shape index (κ2) is 7.37. The molecule has 1 saturated heterocycles. The van der Waals surface area contributed by atoms with E-state index >= 15 is 0 Å². The van der Waals surface area contributed by atoms with Crippen LogP contribution >= 0.6 is 0 Å². The van der Waals surface area contributed by atoms with Gasteiger partial charge in [-0.25, -0.2) is 0 Å². The van der Waals surface area contributed by atoms with Crippen LogP contribution in [0, 0.1) is 12.8 Å². The summed E-state index contributed by atoms with van der Waals surface area (Å²) in [5.74, 6) is 1.12. The van der Waals surface area contributed by atoms with Crippen molar-refractivity contribution >= 4 is 11.7 Å². The summed E-state index contributed by atoms with van der Waals surface area (Å²) in [5, 5.41) is 0. The lowest BCUT2D eigenvalue weighted by molar-refractivity contribution is -0.136. The summed E-state index contributed by atoms with van der Waals surface area (Å²) in [6.45, 7) is 11.5. The quantitative estimate of drug-likeness (QED) is 0.848. The molecule has 0 radical (unpaired) electrons. The average molecular weight is 331 g/mol. The van der Waals surface area contributed by atoms with E-state index in [2.05, 4.69) is 33.8 Å². The predicted octanol–water partition coefficient (Wildman–Crippen LogP) is 3.50. The summed E-state index contributed by atoms with van der Waals surface area (Å²) in [6, 6.07) is 6.08. The standard InChI is InChI=1S/C20H29NO3/c1-14-6-7-18(17(12-14)20(3,4)5)24-13-19(23)21-10-8-16(9-11-21)15(2)22/h6-7,12,16H,8-11,13H2,1-5H3. The first-order valence-corrected chi connectivity index (χ1v) is 8.70. The highest BCUT2D eigenvalue weighted by molar-refractivity contribution is 5.80. The zero-order valence-electron chi connectivity index (χ0n) is 15.5. The number of piperidine rings is 1. The molecule has 0 N–H and O–H groups in total. The summed E-state index contributed by atoms with van der Waals surface area (Å²) in [6.07, 6.45) is 1.53. The Labute approximate surface area is 145 Å². The van der Waals surface area contributed by atoms with Gasteiger partial charge in [0.2, 0.25) is 0 Å². The molecule has 1 aromatic rings. The summed E-state index contributed by atoms with van der Waals surface area (Å²) < 4.78 is 5.85. The Hall–Kier alpha value is -1.84. The van der Waals surface area contributed by atoms with Crippen molar-refractivity contribution in [1.29, 1.82) is 0 Å². The van der Waals surface area contributed by atoms with Gasteiger partial charge in [-0.1, -0.05) is 38.5 Å². The SMILES string of the molecule is CC(=O)C1CCN(C(=O)COc2ccc(C)cc2C(C)(C)C)CC1. The molecule has 0 saturated carbocycles. The lowest BCUT2D eigenvalue weighted by Gasteiger charge is -2.31. The number of carbonyl (C=O) groups is 2. The van der Waals surface area contributed by atoms with Gasteiger partial charge >= 0.3 is 0 Å². The number of rotatable bonds is 4. The molecule has 132 valence electrons. The van der Waals surface area contributed by atoms with Gasteiger partial charge in [0.25, 0.3) is 5.91 Å². The number of nitrogens with zero attached hydrogens (tertiary/aromatic N) is 1. The molecule has 0 aliphatic carbocycles. The lowest BCUT2D eigenvalue weighted by Crippen LogP contribution is -2.42. The molecule has 1 aliphatic heterocycles. The maximum atomic E-state index is 12.4. The topological polar surface area (TPSA) is 46.6 Å². The van der Waals surface area contributed by atoms with E-state index in [1.165, 1.54) is 5.56 Å². The van der Waals surface area contributed by atoms with Gasteiger partial charge in [-0.15, -0.1) is 0 Å². The third-order valence-electron chi connectivity index (χ3n) is 4.72. The Kier molecular flexibility index (Phi) is 5.68. The average Bonchev–Trinajstić information content (AvgIpc) is 2.52. The Morgan fingerprint density at radius 2 is 1.83 bits per heavy atom. The number of likely N-dealkylation sites (tertiary alicyclic amines) is 1. The first kappa shape index (κ1) is 18.5. The zero-order chi connectivity index (χ0) is 17.9. The van der Waals surface area contributed by atoms with Crippen LogP contribution in [0.4, 0.5) is 0 Å². The fraction of sp³-hybridized carbons (Fsp3) is 0.600. The molecule has 4 nitrogen and oxygen atoms in total. The van der Waals surface area contributed by atoms with Gasteiger partial charge in [0.1, 0.15) is 11.5 Å². The van der Waals surface area contributed by atoms with Crippen LogP contribution in [0.25, 0.3) is 0 Å². The van der Waals surface area contributed by atoms with E-state index in [1.807, 2.05) is 17.0 Å². The minimum Gasteiger partial charge on any atom is -0.483 e. The molecule has 0 atom stereocenters. The van der Waals surface area contributed by atoms with E-state index in [1.54, 1.807) is 6.92 Å². The maximum Gasteiger partial charge on any atom is 0.260 e. The number of hydrogen-bond donors (Lipinski definition) is 0. The van der Waals surface area contributed by atoms with E-state index in [0.29, 0.717) is 13.1 Å². The van der Waals surface area contributed by atoms with Crippen molar-refractivity contribution in [2.75, 3.05) is 19.7 Å².